The fourth-order valence-corrected chi connectivity index (χ4v) is 1.41. The van der Waals surface area contributed by atoms with Crippen LogP contribution in [0, 0.1) is 6.92 Å². The molecule has 0 aliphatic rings. The summed E-state index contributed by atoms with van der Waals surface area (Å²) in [4.78, 5) is 14.1. The van der Waals surface area contributed by atoms with E-state index in [9.17, 15) is 4.79 Å². The molecule has 5 nitrogen and oxygen atoms in total. The number of ether oxygens (including phenoxy) is 2. The van der Waals surface area contributed by atoms with Crippen molar-refractivity contribution in [3.05, 3.63) is 23.0 Å². The number of hydrogen-bond acceptors (Lipinski definition) is 4. The summed E-state index contributed by atoms with van der Waals surface area (Å²) >= 11 is 5.86. The van der Waals surface area contributed by atoms with Crippen molar-refractivity contribution in [3.63, 3.8) is 0 Å². The Kier molecular flexibility index (Phi) is 5.72. The second-order valence-electron chi connectivity index (χ2n) is 3.35. The quantitative estimate of drug-likeness (QED) is 0.598. The monoisotopic (exact) mass is 259 g/mol. The van der Waals surface area contributed by atoms with Gasteiger partial charge in [-0.15, -0.1) is 0 Å². The predicted molar refractivity (Wildman–Crippen MR) is 62.6 cm³/mol. The van der Waals surface area contributed by atoms with E-state index in [-0.39, 0.29) is 13.0 Å². The van der Waals surface area contributed by atoms with Gasteiger partial charge in [-0.1, -0.05) is 11.6 Å². The molecule has 0 aliphatic carbocycles. The molecular formula is C11H14ClNO4. The van der Waals surface area contributed by atoms with Crippen LogP contribution in [-0.4, -0.2) is 35.9 Å². The van der Waals surface area contributed by atoms with E-state index in [4.69, 9.17) is 26.2 Å². The van der Waals surface area contributed by atoms with Crippen LogP contribution >= 0.6 is 11.6 Å². The Morgan fingerprint density at radius 2 is 2.24 bits per heavy atom. The zero-order valence-electron chi connectivity index (χ0n) is 9.48. The van der Waals surface area contributed by atoms with E-state index in [0.29, 0.717) is 24.1 Å². The molecular weight excluding hydrogens is 246 g/mol. The van der Waals surface area contributed by atoms with Gasteiger partial charge in [0.05, 0.1) is 19.6 Å². The number of hydrogen-bond donors (Lipinski definition) is 1. The van der Waals surface area contributed by atoms with Gasteiger partial charge in [-0.25, -0.2) is 4.98 Å². The van der Waals surface area contributed by atoms with Crippen molar-refractivity contribution in [2.45, 2.75) is 13.3 Å². The average molecular weight is 260 g/mol. The van der Waals surface area contributed by atoms with Crippen LogP contribution in [0.25, 0.3) is 0 Å². The van der Waals surface area contributed by atoms with Crippen molar-refractivity contribution in [3.8, 4) is 5.75 Å². The zero-order valence-corrected chi connectivity index (χ0v) is 10.2. The molecule has 1 N–H and O–H groups in total. The van der Waals surface area contributed by atoms with Crippen LogP contribution in [0.4, 0.5) is 0 Å². The summed E-state index contributed by atoms with van der Waals surface area (Å²) in [6.45, 7) is 2.68. The average Bonchev–Trinajstić information content (AvgIpc) is 2.26. The summed E-state index contributed by atoms with van der Waals surface area (Å²) in [5.41, 5.74) is 0.899. The third-order valence-electron chi connectivity index (χ3n) is 1.99. The van der Waals surface area contributed by atoms with Gasteiger partial charge in [0.25, 0.3) is 0 Å². The van der Waals surface area contributed by atoms with Crippen LogP contribution in [0.3, 0.4) is 0 Å². The summed E-state index contributed by atoms with van der Waals surface area (Å²) in [7, 11) is 0. The maximum atomic E-state index is 10.2. The van der Waals surface area contributed by atoms with Crippen molar-refractivity contribution >= 4 is 17.6 Å². The standard InChI is InChI=1S/C11H14ClNO4/c1-8-2-4-13-11(12)10(8)17-7-6-16-5-3-9(14)15/h2,4H,3,5-7H2,1H3,(H,14,15). The Morgan fingerprint density at radius 1 is 1.47 bits per heavy atom. The normalized spacial score (nSPS) is 10.2. The number of aryl methyl sites for hydroxylation is 1. The van der Waals surface area contributed by atoms with Gasteiger partial charge in [0.2, 0.25) is 0 Å². The lowest BCUT2D eigenvalue weighted by Crippen LogP contribution is -2.10. The van der Waals surface area contributed by atoms with E-state index in [0.717, 1.165) is 5.56 Å². The lowest BCUT2D eigenvalue weighted by atomic mass is 10.3. The van der Waals surface area contributed by atoms with Gasteiger partial charge in [-0.3, -0.25) is 4.79 Å². The van der Waals surface area contributed by atoms with Crippen LogP contribution in [0.1, 0.15) is 12.0 Å². The Bertz CT molecular complexity index is 363. The van der Waals surface area contributed by atoms with E-state index >= 15 is 0 Å². The highest BCUT2D eigenvalue weighted by Gasteiger charge is 2.05. The molecule has 1 rings (SSSR count). The van der Waals surface area contributed by atoms with Crippen molar-refractivity contribution in [2.24, 2.45) is 0 Å². The number of carbonyl (C=O) groups is 1. The number of rotatable bonds is 7. The van der Waals surface area contributed by atoms with E-state index < -0.39 is 5.97 Å². The SMILES string of the molecule is Cc1ccnc(Cl)c1OCCOCCC(=O)O. The second kappa shape index (κ2) is 7.09. The predicted octanol–water partition coefficient (Wildman–Crippen LogP) is 1.91. The number of halogens is 1. The molecule has 1 aromatic heterocycles. The Hall–Kier alpha value is -1.33. The van der Waals surface area contributed by atoms with Crippen molar-refractivity contribution in [1.82, 2.24) is 4.98 Å². The third-order valence-corrected chi connectivity index (χ3v) is 2.26. The molecule has 94 valence electrons. The van der Waals surface area contributed by atoms with E-state index in [1.165, 1.54) is 0 Å². The molecule has 0 bridgehead atoms. The number of aromatic nitrogens is 1. The topological polar surface area (TPSA) is 68.7 Å². The molecule has 0 fully saturated rings. The maximum absolute atomic E-state index is 10.2. The number of carboxylic acid groups (broad SMARTS) is 1. The minimum Gasteiger partial charge on any atom is -0.488 e. The molecule has 0 aromatic carbocycles. The van der Waals surface area contributed by atoms with Gasteiger partial charge in [-0.2, -0.15) is 0 Å². The molecule has 0 unspecified atom stereocenters. The number of pyridine rings is 1. The van der Waals surface area contributed by atoms with E-state index in [2.05, 4.69) is 4.98 Å². The number of carboxylic acids is 1. The van der Waals surface area contributed by atoms with E-state index in [1.807, 2.05) is 6.92 Å². The largest absolute Gasteiger partial charge is 0.488 e. The van der Waals surface area contributed by atoms with Gasteiger partial charge in [0.1, 0.15) is 6.61 Å². The first-order chi connectivity index (χ1) is 8.11. The van der Waals surface area contributed by atoms with Crippen LogP contribution in [0.15, 0.2) is 12.3 Å². The fraction of sp³-hybridized carbons (Fsp3) is 0.455. The first-order valence-electron chi connectivity index (χ1n) is 5.14. The minimum atomic E-state index is -0.878. The van der Waals surface area contributed by atoms with Gasteiger partial charge >= 0.3 is 5.97 Å². The molecule has 0 aliphatic heterocycles. The molecule has 1 aromatic rings. The van der Waals surface area contributed by atoms with E-state index in [1.54, 1.807) is 12.3 Å². The lowest BCUT2D eigenvalue weighted by molar-refractivity contribution is -0.138. The first kappa shape index (κ1) is 13.7. The first-order valence-corrected chi connectivity index (χ1v) is 5.52. The number of aliphatic carboxylic acids is 1. The van der Waals surface area contributed by atoms with Crippen molar-refractivity contribution < 1.29 is 19.4 Å². The molecule has 0 spiro atoms. The third kappa shape index (κ3) is 5.01. The van der Waals surface area contributed by atoms with Gasteiger partial charge in [-0.05, 0) is 18.6 Å². The highest BCUT2D eigenvalue weighted by molar-refractivity contribution is 6.30. The fourth-order valence-electron chi connectivity index (χ4n) is 1.15. The maximum Gasteiger partial charge on any atom is 0.305 e. The summed E-state index contributed by atoms with van der Waals surface area (Å²) in [6, 6.07) is 1.80. The van der Waals surface area contributed by atoms with Crippen LogP contribution in [0.2, 0.25) is 5.15 Å². The molecule has 1 heterocycles. The second-order valence-corrected chi connectivity index (χ2v) is 3.71. The van der Waals surface area contributed by atoms with Gasteiger partial charge < -0.3 is 14.6 Å². The summed E-state index contributed by atoms with van der Waals surface area (Å²) in [5, 5.41) is 8.70. The summed E-state index contributed by atoms with van der Waals surface area (Å²) < 4.78 is 10.5. The number of nitrogens with zero attached hydrogens (tertiary/aromatic N) is 1. The molecule has 0 saturated carbocycles. The van der Waals surface area contributed by atoms with Gasteiger partial charge in [0, 0.05) is 6.20 Å². The van der Waals surface area contributed by atoms with Crippen LogP contribution in [-0.2, 0) is 9.53 Å². The minimum absolute atomic E-state index is 0.00727. The van der Waals surface area contributed by atoms with Crippen molar-refractivity contribution in [1.29, 1.82) is 0 Å². The Balaban J connectivity index is 2.24. The smallest absolute Gasteiger partial charge is 0.305 e. The van der Waals surface area contributed by atoms with Crippen LogP contribution < -0.4 is 4.74 Å². The van der Waals surface area contributed by atoms with Gasteiger partial charge in [0.15, 0.2) is 10.9 Å². The molecule has 0 radical (unpaired) electrons. The highest BCUT2D eigenvalue weighted by atomic mass is 35.5. The molecule has 0 atom stereocenters. The lowest BCUT2D eigenvalue weighted by Gasteiger charge is -2.09. The molecule has 17 heavy (non-hydrogen) atoms. The molecule has 0 amide bonds. The molecule has 0 saturated heterocycles. The molecule has 6 heteroatoms. The summed E-state index contributed by atoms with van der Waals surface area (Å²) in [6.07, 6.45) is 1.60. The van der Waals surface area contributed by atoms with Crippen LogP contribution in [0.5, 0.6) is 5.75 Å². The zero-order chi connectivity index (χ0) is 12.7. The Morgan fingerprint density at radius 3 is 2.88 bits per heavy atom. The van der Waals surface area contributed by atoms with Crippen molar-refractivity contribution in [2.75, 3.05) is 19.8 Å². The highest BCUT2D eigenvalue weighted by Crippen LogP contribution is 2.25. The summed E-state index contributed by atoms with van der Waals surface area (Å²) in [5.74, 6) is -0.340. The Labute approximate surface area is 104 Å².